The molecule has 2 N–H and O–H groups in total. The lowest BCUT2D eigenvalue weighted by molar-refractivity contribution is 0.438. The summed E-state index contributed by atoms with van der Waals surface area (Å²) < 4.78 is 0. The Morgan fingerprint density at radius 2 is 1.89 bits per heavy atom. The third kappa shape index (κ3) is 3.74. The zero-order chi connectivity index (χ0) is 12.8. The third-order valence-corrected chi connectivity index (χ3v) is 4.12. The first-order valence-electron chi connectivity index (χ1n) is 7.32. The molecule has 2 rings (SSSR count). The van der Waals surface area contributed by atoms with E-state index in [1.165, 1.54) is 37.7 Å². The highest BCUT2D eigenvalue weighted by Gasteiger charge is 2.15. The molecule has 1 unspecified atom stereocenters. The van der Waals surface area contributed by atoms with E-state index in [4.69, 9.17) is 0 Å². The summed E-state index contributed by atoms with van der Waals surface area (Å²) in [6, 6.07) is 8.01. The molecule has 1 aliphatic rings. The van der Waals surface area contributed by atoms with Gasteiger partial charge in [0.2, 0.25) is 0 Å². The van der Waals surface area contributed by atoms with Gasteiger partial charge >= 0.3 is 0 Å². The van der Waals surface area contributed by atoms with Gasteiger partial charge in [-0.05, 0) is 43.0 Å². The molecular formula is C16H25NO. The summed E-state index contributed by atoms with van der Waals surface area (Å²) in [6.45, 7) is 3.32. The number of phenols is 1. The maximum absolute atomic E-state index is 9.31. The Labute approximate surface area is 110 Å². The van der Waals surface area contributed by atoms with Crippen LogP contribution in [0.1, 0.15) is 57.1 Å². The number of hydrogen-bond donors (Lipinski definition) is 2. The molecule has 1 aromatic carbocycles. The molecule has 2 heteroatoms. The molecule has 0 heterocycles. The summed E-state index contributed by atoms with van der Waals surface area (Å²) in [5.41, 5.74) is 1.28. The fourth-order valence-electron chi connectivity index (χ4n) is 2.97. The van der Waals surface area contributed by atoms with Crippen molar-refractivity contribution in [3.8, 4) is 5.75 Å². The van der Waals surface area contributed by atoms with Crippen LogP contribution in [-0.4, -0.2) is 11.7 Å². The Balaban J connectivity index is 1.79. The average Bonchev–Trinajstić information content (AvgIpc) is 2.89. The van der Waals surface area contributed by atoms with E-state index < -0.39 is 0 Å². The van der Waals surface area contributed by atoms with Crippen LogP contribution in [0.5, 0.6) is 5.75 Å². The van der Waals surface area contributed by atoms with E-state index in [1.807, 2.05) is 12.1 Å². The van der Waals surface area contributed by atoms with Crippen LogP contribution in [-0.2, 0) is 0 Å². The van der Waals surface area contributed by atoms with Gasteiger partial charge < -0.3 is 10.4 Å². The molecule has 100 valence electrons. The van der Waals surface area contributed by atoms with Gasteiger partial charge in [-0.25, -0.2) is 0 Å². The van der Waals surface area contributed by atoms with Gasteiger partial charge in [0.25, 0.3) is 0 Å². The third-order valence-electron chi connectivity index (χ3n) is 4.12. The predicted octanol–water partition coefficient (Wildman–Crippen LogP) is 4.01. The van der Waals surface area contributed by atoms with E-state index in [1.54, 1.807) is 12.1 Å². The summed E-state index contributed by atoms with van der Waals surface area (Å²) in [5.74, 6) is 1.30. The van der Waals surface area contributed by atoms with Crippen LogP contribution >= 0.6 is 0 Å². The van der Waals surface area contributed by atoms with Gasteiger partial charge in [0, 0.05) is 6.04 Å². The Morgan fingerprint density at radius 3 is 2.50 bits per heavy atom. The van der Waals surface area contributed by atoms with Crippen LogP contribution < -0.4 is 5.32 Å². The van der Waals surface area contributed by atoms with Crippen molar-refractivity contribution >= 4 is 0 Å². The van der Waals surface area contributed by atoms with Crippen LogP contribution in [0.3, 0.4) is 0 Å². The van der Waals surface area contributed by atoms with Crippen LogP contribution in [0.2, 0.25) is 0 Å². The van der Waals surface area contributed by atoms with Crippen molar-refractivity contribution in [2.75, 3.05) is 6.54 Å². The molecule has 18 heavy (non-hydrogen) atoms. The van der Waals surface area contributed by atoms with Gasteiger partial charge in [0.1, 0.15) is 5.75 Å². The van der Waals surface area contributed by atoms with Crippen molar-refractivity contribution in [3.63, 3.8) is 0 Å². The number of rotatable bonds is 6. The van der Waals surface area contributed by atoms with E-state index >= 15 is 0 Å². The SMILES string of the molecule is CCC(NCCC1CCCC1)c1ccc(O)cc1. The van der Waals surface area contributed by atoms with Gasteiger partial charge in [0.15, 0.2) is 0 Å². The highest BCUT2D eigenvalue weighted by molar-refractivity contribution is 5.27. The van der Waals surface area contributed by atoms with Crippen molar-refractivity contribution in [2.45, 2.75) is 51.5 Å². The largest absolute Gasteiger partial charge is 0.508 e. The monoisotopic (exact) mass is 247 g/mol. The number of benzene rings is 1. The summed E-state index contributed by atoms with van der Waals surface area (Å²) in [6.07, 6.45) is 8.12. The molecule has 0 bridgehead atoms. The van der Waals surface area contributed by atoms with Crippen molar-refractivity contribution < 1.29 is 5.11 Å². The topological polar surface area (TPSA) is 32.3 Å². The zero-order valence-electron chi connectivity index (χ0n) is 11.4. The van der Waals surface area contributed by atoms with Crippen LogP contribution in [0.25, 0.3) is 0 Å². The van der Waals surface area contributed by atoms with Crippen LogP contribution in [0.4, 0.5) is 0 Å². The molecule has 0 saturated heterocycles. The maximum atomic E-state index is 9.31. The van der Waals surface area contributed by atoms with Gasteiger partial charge in [-0.3, -0.25) is 0 Å². The molecule has 1 fully saturated rings. The molecule has 0 amide bonds. The predicted molar refractivity (Wildman–Crippen MR) is 75.7 cm³/mol. The molecule has 2 nitrogen and oxygen atoms in total. The smallest absolute Gasteiger partial charge is 0.115 e. The van der Waals surface area contributed by atoms with Crippen molar-refractivity contribution in [1.29, 1.82) is 0 Å². The number of aromatic hydroxyl groups is 1. The molecule has 1 saturated carbocycles. The standard InChI is InChI=1S/C16H25NO/c1-2-16(14-7-9-15(18)10-8-14)17-12-11-13-5-3-4-6-13/h7-10,13,16-18H,2-6,11-12H2,1H3. The molecule has 0 radical (unpaired) electrons. The van der Waals surface area contributed by atoms with E-state index in [9.17, 15) is 5.11 Å². The summed E-state index contributed by atoms with van der Waals surface area (Å²) in [7, 11) is 0. The van der Waals surface area contributed by atoms with Crippen molar-refractivity contribution in [1.82, 2.24) is 5.32 Å². The van der Waals surface area contributed by atoms with E-state index in [0.29, 0.717) is 11.8 Å². The molecule has 1 aliphatic carbocycles. The lowest BCUT2D eigenvalue weighted by atomic mass is 10.0. The Kier molecular flexibility index (Phi) is 5.06. The summed E-state index contributed by atoms with van der Waals surface area (Å²) in [4.78, 5) is 0. The lowest BCUT2D eigenvalue weighted by Crippen LogP contribution is -2.23. The number of hydrogen-bond acceptors (Lipinski definition) is 2. The lowest BCUT2D eigenvalue weighted by Gasteiger charge is -2.19. The number of nitrogens with one attached hydrogen (secondary N) is 1. The maximum Gasteiger partial charge on any atom is 0.115 e. The molecule has 0 spiro atoms. The first-order chi connectivity index (χ1) is 8.79. The quantitative estimate of drug-likeness (QED) is 0.796. The Bertz CT molecular complexity index is 341. The fourth-order valence-corrected chi connectivity index (χ4v) is 2.97. The number of phenolic OH excluding ortho intramolecular Hbond substituents is 1. The summed E-state index contributed by atoms with van der Waals surface area (Å²) in [5, 5.41) is 13.0. The normalized spacial score (nSPS) is 18.1. The Morgan fingerprint density at radius 1 is 1.22 bits per heavy atom. The van der Waals surface area contributed by atoms with E-state index in [2.05, 4.69) is 12.2 Å². The molecule has 1 atom stereocenters. The molecule has 1 aromatic rings. The molecular weight excluding hydrogens is 222 g/mol. The van der Waals surface area contributed by atoms with Gasteiger partial charge in [0.05, 0.1) is 0 Å². The molecule has 0 aliphatic heterocycles. The van der Waals surface area contributed by atoms with Crippen LogP contribution in [0, 0.1) is 5.92 Å². The minimum Gasteiger partial charge on any atom is -0.508 e. The molecule has 0 aromatic heterocycles. The first kappa shape index (κ1) is 13.4. The van der Waals surface area contributed by atoms with Gasteiger partial charge in [-0.2, -0.15) is 0 Å². The second-order valence-corrected chi connectivity index (χ2v) is 5.45. The highest BCUT2D eigenvalue weighted by atomic mass is 16.3. The van der Waals surface area contributed by atoms with Gasteiger partial charge in [-0.15, -0.1) is 0 Å². The zero-order valence-corrected chi connectivity index (χ0v) is 11.4. The Hall–Kier alpha value is -1.02. The van der Waals surface area contributed by atoms with E-state index in [0.717, 1.165) is 18.9 Å². The van der Waals surface area contributed by atoms with Crippen LogP contribution in [0.15, 0.2) is 24.3 Å². The second-order valence-electron chi connectivity index (χ2n) is 5.45. The minimum atomic E-state index is 0.347. The summed E-state index contributed by atoms with van der Waals surface area (Å²) >= 11 is 0. The second kappa shape index (κ2) is 6.79. The minimum absolute atomic E-state index is 0.347. The van der Waals surface area contributed by atoms with E-state index in [-0.39, 0.29) is 0 Å². The highest BCUT2D eigenvalue weighted by Crippen LogP contribution is 2.27. The average molecular weight is 247 g/mol. The fraction of sp³-hybridized carbons (Fsp3) is 0.625. The van der Waals surface area contributed by atoms with Gasteiger partial charge in [-0.1, -0.05) is 44.7 Å². The first-order valence-corrected chi connectivity index (χ1v) is 7.32. The van der Waals surface area contributed by atoms with Crippen molar-refractivity contribution in [3.05, 3.63) is 29.8 Å². The van der Waals surface area contributed by atoms with Crippen molar-refractivity contribution in [2.24, 2.45) is 5.92 Å².